The number of sulfonamides is 1. The molecular weight excluding hydrogens is 356 g/mol. The van der Waals surface area contributed by atoms with Crippen molar-refractivity contribution in [2.24, 2.45) is 0 Å². The quantitative estimate of drug-likeness (QED) is 0.791. The highest BCUT2D eigenvalue weighted by molar-refractivity contribution is 9.10. The predicted molar refractivity (Wildman–Crippen MR) is 87.0 cm³/mol. The van der Waals surface area contributed by atoms with Gasteiger partial charge in [0.25, 0.3) is 10.0 Å². The van der Waals surface area contributed by atoms with Crippen LogP contribution in [0.4, 0.5) is 11.4 Å². The van der Waals surface area contributed by atoms with Crippen molar-refractivity contribution in [3.05, 3.63) is 46.9 Å². The summed E-state index contributed by atoms with van der Waals surface area (Å²) in [5, 5.41) is 0. The first kappa shape index (κ1) is 15.7. The second kappa shape index (κ2) is 6.36. The zero-order valence-electron chi connectivity index (χ0n) is 11.3. The summed E-state index contributed by atoms with van der Waals surface area (Å²) in [5.74, 6) is 0.482. The molecule has 2 aromatic carbocycles. The Kier molecular flexibility index (Phi) is 4.74. The minimum absolute atomic E-state index is 0.114. The van der Waals surface area contributed by atoms with Gasteiger partial charge in [-0.15, -0.1) is 0 Å². The number of hydrogen-bond acceptors (Lipinski definition) is 4. The fraction of sp³-hybridized carbons (Fsp3) is 0.143. The molecule has 0 fully saturated rings. The fourth-order valence-electron chi connectivity index (χ4n) is 1.77. The molecule has 21 heavy (non-hydrogen) atoms. The molecule has 2 rings (SSSR count). The fourth-order valence-corrected chi connectivity index (χ4v) is 3.93. The monoisotopic (exact) mass is 370 g/mol. The standard InChI is InChI=1S/C14H15BrN2O3S/c1-2-20-13-6-4-3-5-12(13)17-21(18,19)14-8-7-10(16)9-11(14)15/h3-9,17H,2,16H2,1H3. The van der Waals surface area contributed by atoms with Crippen LogP contribution in [0, 0.1) is 0 Å². The van der Waals surface area contributed by atoms with Gasteiger partial charge in [-0.05, 0) is 53.2 Å². The van der Waals surface area contributed by atoms with Gasteiger partial charge in [0.1, 0.15) is 10.6 Å². The average Bonchev–Trinajstić information content (AvgIpc) is 2.40. The van der Waals surface area contributed by atoms with Crippen molar-refractivity contribution >= 4 is 37.3 Å². The second-order valence-electron chi connectivity index (χ2n) is 4.22. The molecule has 0 spiro atoms. The Morgan fingerprint density at radius 3 is 2.62 bits per heavy atom. The van der Waals surface area contributed by atoms with Crippen molar-refractivity contribution in [3.63, 3.8) is 0 Å². The van der Waals surface area contributed by atoms with E-state index in [0.717, 1.165) is 0 Å². The van der Waals surface area contributed by atoms with Gasteiger partial charge in [-0.2, -0.15) is 0 Å². The molecule has 0 unspecified atom stereocenters. The molecule has 0 amide bonds. The van der Waals surface area contributed by atoms with E-state index < -0.39 is 10.0 Å². The number of nitrogen functional groups attached to an aromatic ring is 1. The van der Waals surface area contributed by atoms with Gasteiger partial charge in [0, 0.05) is 10.2 Å². The lowest BCUT2D eigenvalue weighted by Crippen LogP contribution is -2.14. The van der Waals surface area contributed by atoms with E-state index in [0.29, 0.717) is 28.2 Å². The summed E-state index contributed by atoms with van der Waals surface area (Å²) in [4.78, 5) is 0.114. The van der Waals surface area contributed by atoms with Crippen LogP contribution in [0.25, 0.3) is 0 Å². The van der Waals surface area contributed by atoms with Crippen LogP contribution >= 0.6 is 15.9 Å². The first-order chi connectivity index (χ1) is 9.94. The van der Waals surface area contributed by atoms with Crippen LogP contribution in [0.2, 0.25) is 0 Å². The lowest BCUT2D eigenvalue weighted by Gasteiger charge is -2.13. The highest BCUT2D eigenvalue weighted by Crippen LogP contribution is 2.30. The molecule has 0 aliphatic heterocycles. The molecule has 0 saturated heterocycles. The maximum Gasteiger partial charge on any atom is 0.263 e. The Morgan fingerprint density at radius 2 is 1.95 bits per heavy atom. The van der Waals surface area contributed by atoms with Crippen molar-refractivity contribution in [1.29, 1.82) is 0 Å². The Bertz CT molecular complexity index is 748. The summed E-state index contributed by atoms with van der Waals surface area (Å²) in [7, 11) is -3.73. The first-order valence-electron chi connectivity index (χ1n) is 6.23. The highest BCUT2D eigenvalue weighted by Gasteiger charge is 2.19. The molecule has 2 aromatic rings. The van der Waals surface area contributed by atoms with E-state index in [1.807, 2.05) is 6.92 Å². The number of nitrogens with two attached hydrogens (primary N) is 1. The van der Waals surface area contributed by atoms with Crippen molar-refractivity contribution in [2.75, 3.05) is 17.1 Å². The van der Waals surface area contributed by atoms with E-state index in [4.69, 9.17) is 10.5 Å². The molecule has 112 valence electrons. The van der Waals surface area contributed by atoms with Gasteiger partial charge in [0.15, 0.2) is 0 Å². The molecule has 0 atom stereocenters. The number of para-hydroxylation sites is 2. The maximum absolute atomic E-state index is 12.5. The third-order valence-electron chi connectivity index (χ3n) is 2.68. The van der Waals surface area contributed by atoms with Crippen LogP contribution in [0.1, 0.15) is 6.92 Å². The van der Waals surface area contributed by atoms with Crippen molar-refractivity contribution in [2.45, 2.75) is 11.8 Å². The summed E-state index contributed by atoms with van der Waals surface area (Å²) in [6, 6.07) is 11.4. The van der Waals surface area contributed by atoms with Crippen molar-refractivity contribution in [3.8, 4) is 5.75 Å². The SMILES string of the molecule is CCOc1ccccc1NS(=O)(=O)c1ccc(N)cc1Br. The molecular formula is C14H15BrN2O3S. The van der Waals surface area contributed by atoms with E-state index in [1.54, 1.807) is 30.3 Å². The van der Waals surface area contributed by atoms with Gasteiger partial charge in [-0.3, -0.25) is 4.72 Å². The number of benzene rings is 2. The topological polar surface area (TPSA) is 81.4 Å². The summed E-state index contributed by atoms with van der Waals surface area (Å²) in [6.45, 7) is 2.28. The summed E-state index contributed by atoms with van der Waals surface area (Å²) in [6.07, 6.45) is 0. The Labute approximate surface area is 132 Å². The number of hydrogen-bond donors (Lipinski definition) is 2. The van der Waals surface area contributed by atoms with E-state index in [9.17, 15) is 8.42 Å². The highest BCUT2D eigenvalue weighted by atomic mass is 79.9. The van der Waals surface area contributed by atoms with Gasteiger partial charge in [-0.1, -0.05) is 12.1 Å². The number of anilines is 2. The van der Waals surface area contributed by atoms with E-state index in [-0.39, 0.29) is 4.90 Å². The van der Waals surface area contributed by atoms with Gasteiger partial charge in [0.05, 0.1) is 12.3 Å². The second-order valence-corrected chi connectivity index (χ2v) is 6.73. The Hall–Kier alpha value is -1.73. The summed E-state index contributed by atoms with van der Waals surface area (Å²) >= 11 is 3.22. The molecule has 3 N–H and O–H groups in total. The van der Waals surface area contributed by atoms with E-state index >= 15 is 0 Å². The van der Waals surface area contributed by atoms with Crippen LogP contribution < -0.4 is 15.2 Å². The first-order valence-corrected chi connectivity index (χ1v) is 8.51. The third-order valence-corrected chi connectivity index (χ3v) is 5.02. The molecule has 0 heterocycles. The van der Waals surface area contributed by atoms with Crippen LogP contribution in [-0.4, -0.2) is 15.0 Å². The van der Waals surface area contributed by atoms with E-state index in [2.05, 4.69) is 20.7 Å². The van der Waals surface area contributed by atoms with Crippen LogP contribution in [0.5, 0.6) is 5.75 Å². The van der Waals surface area contributed by atoms with Crippen LogP contribution in [0.3, 0.4) is 0 Å². The zero-order valence-corrected chi connectivity index (χ0v) is 13.7. The Balaban J connectivity index is 2.38. The van der Waals surface area contributed by atoms with Crippen molar-refractivity contribution < 1.29 is 13.2 Å². The minimum atomic E-state index is -3.73. The molecule has 0 bridgehead atoms. The van der Waals surface area contributed by atoms with Gasteiger partial charge in [0.2, 0.25) is 0 Å². The largest absolute Gasteiger partial charge is 0.492 e. The van der Waals surface area contributed by atoms with Crippen molar-refractivity contribution in [1.82, 2.24) is 0 Å². The number of ether oxygens (including phenoxy) is 1. The number of rotatable bonds is 5. The summed E-state index contributed by atoms with van der Waals surface area (Å²) in [5.41, 5.74) is 6.50. The summed E-state index contributed by atoms with van der Waals surface area (Å²) < 4.78 is 33.2. The maximum atomic E-state index is 12.5. The third kappa shape index (κ3) is 3.68. The lowest BCUT2D eigenvalue weighted by atomic mass is 10.3. The number of nitrogens with one attached hydrogen (secondary N) is 1. The molecule has 0 aliphatic carbocycles. The zero-order chi connectivity index (χ0) is 15.5. The van der Waals surface area contributed by atoms with Crippen LogP contribution in [-0.2, 0) is 10.0 Å². The molecule has 0 saturated carbocycles. The smallest absolute Gasteiger partial charge is 0.263 e. The molecule has 0 aliphatic rings. The van der Waals surface area contributed by atoms with Gasteiger partial charge < -0.3 is 10.5 Å². The average molecular weight is 371 g/mol. The van der Waals surface area contributed by atoms with E-state index in [1.165, 1.54) is 12.1 Å². The lowest BCUT2D eigenvalue weighted by molar-refractivity contribution is 0.342. The number of halogens is 1. The molecule has 0 aromatic heterocycles. The Morgan fingerprint density at radius 1 is 1.24 bits per heavy atom. The normalized spacial score (nSPS) is 11.1. The van der Waals surface area contributed by atoms with Gasteiger partial charge >= 0.3 is 0 Å². The van der Waals surface area contributed by atoms with Gasteiger partial charge in [-0.25, -0.2) is 8.42 Å². The predicted octanol–water partition coefficient (Wildman–Crippen LogP) is 3.23. The minimum Gasteiger partial charge on any atom is -0.492 e. The molecule has 0 radical (unpaired) electrons. The molecule has 5 nitrogen and oxygen atoms in total. The van der Waals surface area contributed by atoms with Crippen LogP contribution in [0.15, 0.2) is 51.8 Å². The molecule has 7 heteroatoms.